The first-order valence-corrected chi connectivity index (χ1v) is 6.44. The van der Waals surface area contributed by atoms with Crippen LogP contribution in [0.4, 0.5) is 0 Å². The number of aliphatic hydroxyl groups is 1. The SMILES string of the molecule is COc1cc(CC(C)O)c(Br)cc1OC(C)C. The summed E-state index contributed by atoms with van der Waals surface area (Å²) in [7, 11) is 1.61. The molecule has 1 rings (SSSR count). The maximum Gasteiger partial charge on any atom is 0.162 e. The van der Waals surface area contributed by atoms with E-state index < -0.39 is 0 Å². The van der Waals surface area contributed by atoms with Crippen molar-refractivity contribution in [2.75, 3.05) is 7.11 Å². The lowest BCUT2D eigenvalue weighted by molar-refractivity contribution is 0.195. The molecule has 17 heavy (non-hydrogen) atoms. The molecule has 0 spiro atoms. The van der Waals surface area contributed by atoms with E-state index in [2.05, 4.69) is 15.9 Å². The van der Waals surface area contributed by atoms with E-state index in [-0.39, 0.29) is 12.2 Å². The van der Waals surface area contributed by atoms with Gasteiger partial charge in [0.2, 0.25) is 0 Å². The van der Waals surface area contributed by atoms with Crippen LogP contribution in [0.1, 0.15) is 26.3 Å². The van der Waals surface area contributed by atoms with Crippen LogP contribution in [0.15, 0.2) is 16.6 Å². The highest BCUT2D eigenvalue weighted by Crippen LogP contribution is 2.34. The lowest BCUT2D eigenvalue weighted by Gasteiger charge is -2.16. The van der Waals surface area contributed by atoms with Gasteiger partial charge in [-0.3, -0.25) is 0 Å². The molecule has 0 aliphatic heterocycles. The van der Waals surface area contributed by atoms with E-state index in [0.717, 1.165) is 10.0 Å². The van der Waals surface area contributed by atoms with Crippen LogP contribution in [0.3, 0.4) is 0 Å². The summed E-state index contributed by atoms with van der Waals surface area (Å²) in [5.74, 6) is 1.40. The number of benzene rings is 1. The first kappa shape index (κ1) is 14.3. The number of ether oxygens (including phenoxy) is 2. The molecule has 0 aliphatic rings. The van der Waals surface area contributed by atoms with Gasteiger partial charge in [-0.15, -0.1) is 0 Å². The summed E-state index contributed by atoms with van der Waals surface area (Å²) >= 11 is 3.48. The van der Waals surface area contributed by atoms with Gasteiger partial charge in [0.15, 0.2) is 11.5 Å². The molecule has 1 atom stereocenters. The van der Waals surface area contributed by atoms with Crippen molar-refractivity contribution in [3.05, 3.63) is 22.2 Å². The number of halogens is 1. The highest BCUT2D eigenvalue weighted by molar-refractivity contribution is 9.10. The molecule has 0 saturated carbocycles. The second-order valence-electron chi connectivity index (χ2n) is 4.31. The average Bonchev–Trinajstić information content (AvgIpc) is 2.20. The van der Waals surface area contributed by atoms with Crippen LogP contribution in [0.5, 0.6) is 11.5 Å². The fourth-order valence-electron chi connectivity index (χ4n) is 1.56. The van der Waals surface area contributed by atoms with Gasteiger partial charge in [0.1, 0.15) is 0 Å². The fourth-order valence-corrected chi connectivity index (χ4v) is 2.04. The fraction of sp³-hybridized carbons (Fsp3) is 0.538. The Morgan fingerprint density at radius 1 is 1.24 bits per heavy atom. The van der Waals surface area contributed by atoms with Gasteiger partial charge < -0.3 is 14.6 Å². The number of aliphatic hydroxyl groups excluding tert-OH is 1. The molecule has 0 fully saturated rings. The minimum atomic E-state index is -0.382. The predicted molar refractivity (Wildman–Crippen MR) is 71.8 cm³/mol. The van der Waals surface area contributed by atoms with Crippen molar-refractivity contribution >= 4 is 15.9 Å². The Bertz CT molecular complexity index is 375. The number of hydrogen-bond donors (Lipinski definition) is 1. The third-order valence-corrected chi connectivity index (χ3v) is 2.95. The van der Waals surface area contributed by atoms with E-state index in [1.54, 1.807) is 14.0 Å². The molecule has 0 aliphatic carbocycles. The van der Waals surface area contributed by atoms with Crippen molar-refractivity contribution < 1.29 is 14.6 Å². The third-order valence-electron chi connectivity index (χ3n) is 2.21. The Kier molecular flexibility index (Phi) is 5.28. The molecule has 1 N–H and O–H groups in total. The standard InChI is InChI=1S/C13H19BrO3/c1-8(2)17-13-7-11(14)10(5-9(3)15)6-12(13)16-4/h6-9,15H,5H2,1-4H3. The number of methoxy groups -OCH3 is 1. The lowest BCUT2D eigenvalue weighted by Crippen LogP contribution is -2.09. The first-order chi connectivity index (χ1) is 7.93. The molecule has 0 radical (unpaired) electrons. The van der Waals surface area contributed by atoms with Crippen LogP contribution in [-0.2, 0) is 6.42 Å². The summed E-state index contributed by atoms with van der Waals surface area (Å²) in [6.07, 6.45) is 0.296. The maximum absolute atomic E-state index is 9.42. The zero-order valence-electron chi connectivity index (χ0n) is 10.7. The zero-order valence-corrected chi connectivity index (χ0v) is 12.2. The topological polar surface area (TPSA) is 38.7 Å². The molecular weight excluding hydrogens is 284 g/mol. The van der Waals surface area contributed by atoms with Gasteiger partial charge in [0.05, 0.1) is 19.3 Å². The van der Waals surface area contributed by atoms with E-state index in [9.17, 15) is 5.11 Å². The van der Waals surface area contributed by atoms with E-state index in [0.29, 0.717) is 17.9 Å². The predicted octanol–water partition coefficient (Wildman–Crippen LogP) is 3.17. The van der Waals surface area contributed by atoms with Gasteiger partial charge >= 0.3 is 0 Å². The quantitative estimate of drug-likeness (QED) is 0.908. The van der Waals surface area contributed by atoms with E-state index in [4.69, 9.17) is 9.47 Å². The lowest BCUT2D eigenvalue weighted by atomic mass is 10.1. The highest BCUT2D eigenvalue weighted by Gasteiger charge is 2.12. The number of hydrogen-bond acceptors (Lipinski definition) is 3. The van der Waals surface area contributed by atoms with Crippen molar-refractivity contribution in [2.45, 2.75) is 39.4 Å². The average molecular weight is 303 g/mol. The van der Waals surface area contributed by atoms with Gasteiger partial charge in [-0.05, 0) is 44.9 Å². The van der Waals surface area contributed by atoms with E-state index >= 15 is 0 Å². The molecule has 1 aromatic carbocycles. The van der Waals surface area contributed by atoms with Crippen molar-refractivity contribution in [1.29, 1.82) is 0 Å². The van der Waals surface area contributed by atoms with Gasteiger partial charge in [-0.25, -0.2) is 0 Å². The van der Waals surface area contributed by atoms with Gasteiger partial charge in [-0.1, -0.05) is 15.9 Å². The second-order valence-corrected chi connectivity index (χ2v) is 5.17. The summed E-state index contributed by atoms with van der Waals surface area (Å²) in [5, 5.41) is 9.42. The molecule has 0 saturated heterocycles. The summed E-state index contributed by atoms with van der Waals surface area (Å²) in [6, 6.07) is 3.78. The summed E-state index contributed by atoms with van der Waals surface area (Å²) in [5.41, 5.74) is 1.01. The van der Waals surface area contributed by atoms with Crippen LogP contribution in [0.2, 0.25) is 0 Å². The first-order valence-electron chi connectivity index (χ1n) is 5.65. The van der Waals surface area contributed by atoms with Gasteiger partial charge in [-0.2, -0.15) is 0 Å². The third kappa shape index (κ3) is 4.21. The van der Waals surface area contributed by atoms with Crippen LogP contribution in [0.25, 0.3) is 0 Å². The van der Waals surface area contributed by atoms with E-state index in [1.165, 1.54) is 0 Å². The molecule has 1 aromatic rings. The second kappa shape index (κ2) is 6.26. The normalized spacial score (nSPS) is 12.6. The van der Waals surface area contributed by atoms with Crippen LogP contribution < -0.4 is 9.47 Å². The van der Waals surface area contributed by atoms with Crippen molar-refractivity contribution in [3.8, 4) is 11.5 Å². The summed E-state index contributed by atoms with van der Waals surface area (Å²) in [6.45, 7) is 5.70. The van der Waals surface area contributed by atoms with Crippen molar-refractivity contribution in [3.63, 3.8) is 0 Å². The zero-order chi connectivity index (χ0) is 13.0. The number of rotatable bonds is 5. The Morgan fingerprint density at radius 3 is 2.35 bits per heavy atom. The Balaban J connectivity index is 3.06. The van der Waals surface area contributed by atoms with Crippen LogP contribution in [-0.4, -0.2) is 24.4 Å². The Labute approximate surface area is 111 Å². The minimum Gasteiger partial charge on any atom is -0.493 e. The minimum absolute atomic E-state index is 0.0958. The highest BCUT2D eigenvalue weighted by atomic mass is 79.9. The molecule has 1 unspecified atom stereocenters. The van der Waals surface area contributed by atoms with Gasteiger partial charge in [0.25, 0.3) is 0 Å². The molecule has 4 heteroatoms. The van der Waals surface area contributed by atoms with Crippen molar-refractivity contribution in [2.24, 2.45) is 0 Å². The molecular formula is C13H19BrO3. The Morgan fingerprint density at radius 2 is 1.88 bits per heavy atom. The van der Waals surface area contributed by atoms with Crippen LogP contribution >= 0.6 is 15.9 Å². The smallest absolute Gasteiger partial charge is 0.162 e. The maximum atomic E-state index is 9.42. The molecule has 0 bridgehead atoms. The molecule has 0 heterocycles. The monoisotopic (exact) mass is 302 g/mol. The largest absolute Gasteiger partial charge is 0.493 e. The summed E-state index contributed by atoms with van der Waals surface area (Å²) in [4.78, 5) is 0. The molecule has 3 nitrogen and oxygen atoms in total. The van der Waals surface area contributed by atoms with Crippen LogP contribution in [0, 0.1) is 0 Å². The van der Waals surface area contributed by atoms with Crippen molar-refractivity contribution in [1.82, 2.24) is 0 Å². The molecule has 0 aromatic heterocycles. The Hall–Kier alpha value is -0.740. The molecule has 0 amide bonds. The van der Waals surface area contributed by atoms with E-state index in [1.807, 2.05) is 26.0 Å². The van der Waals surface area contributed by atoms with Gasteiger partial charge in [0, 0.05) is 4.47 Å². The summed E-state index contributed by atoms with van der Waals surface area (Å²) < 4.78 is 11.9. The molecule has 96 valence electrons.